The zero-order valence-electron chi connectivity index (χ0n) is 6.14. The van der Waals surface area contributed by atoms with Crippen molar-refractivity contribution in [3.05, 3.63) is 0 Å². The molecule has 9 heavy (non-hydrogen) atoms. The van der Waals surface area contributed by atoms with Crippen LogP contribution < -0.4 is 0 Å². The number of rotatable bonds is 0. The molecule has 1 nitrogen and oxygen atoms in total. The molecule has 0 N–H and O–H groups in total. The number of hydrogen-bond acceptors (Lipinski definition) is 1. The third-order valence-electron chi connectivity index (χ3n) is 2.01. The van der Waals surface area contributed by atoms with Crippen molar-refractivity contribution in [2.24, 2.45) is 5.41 Å². The number of hydrogen-bond donors (Lipinski definition) is 0. The Morgan fingerprint density at radius 3 is 2.00 bits per heavy atom. The minimum absolute atomic E-state index is 0.466. The van der Waals surface area contributed by atoms with Gasteiger partial charge in [-0.05, 0) is 18.3 Å². The van der Waals surface area contributed by atoms with Crippen molar-refractivity contribution in [3.63, 3.8) is 0 Å². The molecule has 1 heterocycles. The van der Waals surface area contributed by atoms with Crippen LogP contribution in [0.25, 0.3) is 0 Å². The third kappa shape index (κ3) is 2.18. The largest absolute Gasteiger partial charge is 0.616 e. The molecule has 54 valence electrons. The second-order valence-corrected chi connectivity index (χ2v) is 5.21. The second kappa shape index (κ2) is 2.51. The topological polar surface area (TPSA) is 23.1 Å². The molecule has 1 saturated heterocycles. The van der Waals surface area contributed by atoms with Crippen LogP contribution in [-0.4, -0.2) is 16.1 Å². The van der Waals surface area contributed by atoms with E-state index in [1.807, 2.05) is 0 Å². The second-order valence-electron chi connectivity index (χ2n) is 3.51. The average Bonchev–Trinajstić information content (AvgIpc) is 1.78. The Morgan fingerprint density at radius 1 is 1.22 bits per heavy atom. The van der Waals surface area contributed by atoms with Gasteiger partial charge in [-0.2, -0.15) is 0 Å². The van der Waals surface area contributed by atoms with E-state index in [2.05, 4.69) is 13.8 Å². The highest BCUT2D eigenvalue weighted by Crippen LogP contribution is 2.30. The standard InChI is InChI=1S/C7H14OS/c1-7(2)3-5-9(8)6-4-7/h3-6H2,1-2H3. The molecule has 0 amide bonds. The van der Waals surface area contributed by atoms with Gasteiger partial charge < -0.3 is 4.55 Å². The van der Waals surface area contributed by atoms with E-state index in [1.54, 1.807) is 0 Å². The van der Waals surface area contributed by atoms with Crippen LogP contribution in [0.3, 0.4) is 0 Å². The highest BCUT2D eigenvalue weighted by molar-refractivity contribution is 7.91. The predicted molar refractivity (Wildman–Crippen MR) is 40.9 cm³/mol. The van der Waals surface area contributed by atoms with Gasteiger partial charge in [-0.3, -0.25) is 0 Å². The molecule has 0 aromatic heterocycles. The van der Waals surface area contributed by atoms with Gasteiger partial charge in [0.1, 0.15) is 11.5 Å². The fourth-order valence-corrected chi connectivity index (χ4v) is 2.77. The third-order valence-corrected chi connectivity index (χ3v) is 3.33. The molecule has 0 radical (unpaired) electrons. The molecule has 1 aliphatic heterocycles. The van der Waals surface area contributed by atoms with Crippen LogP contribution in [-0.2, 0) is 11.2 Å². The molecule has 0 aromatic rings. The van der Waals surface area contributed by atoms with Crippen LogP contribution in [0.5, 0.6) is 0 Å². The van der Waals surface area contributed by atoms with Crippen molar-refractivity contribution in [3.8, 4) is 0 Å². The van der Waals surface area contributed by atoms with E-state index in [9.17, 15) is 4.55 Å². The van der Waals surface area contributed by atoms with E-state index in [4.69, 9.17) is 0 Å². The first kappa shape index (κ1) is 7.42. The molecule has 0 aliphatic carbocycles. The molecule has 1 rings (SSSR count). The first-order valence-electron chi connectivity index (χ1n) is 3.45. The van der Waals surface area contributed by atoms with E-state index in [1.165, 1.54) is 0 Å². The highest BCUT2D eigenvalue weighted by Gasteiger charge is 2.27. The van der Waals surface area contributed by atoms with Gasteiger partial charge in [0.05, 0.1) is 0 Å². The SMILES string of the molecule is CC1(C)CC[S+]([O-])CC1. The van der Waals surface area contributed by atoms with Gasteiger partial charge in [0.15, 0.2) is 0 Å². The van der Waals surface area contributed by atoms with Crippen molar-refractivity contribution >= 4 is 11.2 Å². The predicted octanol–water partition coefficient (Wildman–Crippen LogP) is 1.56. The fourth-order valence-electron chi connectivity index (χ4n) is 1.01. The Kier molecular flexibility index (Phi) is 2.07. The molecular weight excluding hydrogens is 132 g/mol. The van der Waals surface area contributed by atoms with E-state index >= 15 is 0 Å². The maximum absolute atomic E-state index is 10.9. The van der Waals surface area contributed by atoms with Gasteiger partial charge in [-0.25, -0.2) is 0 Å². The zero-order chi connectivity index (χ0) is 6.91. The van der Waals surface area contributed by atoms with Crippen molar-refractivity contribution in [2.75, 3.05) is 11.5 Å². The lowest BCUT2D eigenvalue weighted by Crippen LogP contribution is -2.28. The summed E-state index contributed by atoms with van der Waals surface area (Å²) in [7, 11) is 0. The molecule has 0 bridgehead atoms. The lowest BCUT2D eigenvalue weighted by atomic mass is 9.87. The maximum atomic E-state index is 10.9. The van der Waals surface area contributed by atoms with E-state index in [0.29, 0.717) is 5.41 Å². The minimum atomic E-state index is -0.487. The quantitative estimate of drug-likeness (QED) is 0.476. The summed E-state index contributed by atoms with van der Waals surface area (Å²) >= 11 is -0.487. The molecule has 0 atom stereocenters. The molecule has 1 fully saturated rings. The van der Waals surface area contributed by atoms with Gasteiger partial charge in [0.25, 0.3) is 0 Å². The average molecular weight is 146 g/mol. The van der Waals surface area contributed by atoms with Gasteiger partial charge >= 0.3 is 0 Å². The first-order chi connectivity index (χ1) is 4.10. The van der Waals surface area contributed by atoms with Gasteiger partial charge in [-0.15, -0.1) is 0 Å². The van der Waals surface area contributed by atoms with Crippen molar-refractivity contribution in [1.29, 1.82) is 0 Å². The van der Waals surface area contributed by atoms with Crippen LogP contribution in [0.4, 0.5) is 0 Å². The van der Waals surface area contributed by atoms with Gasteiger partial charge in [-0.1, -0.05) is 25.0 Å². The summed E-state index contributed by atoms with van der Waals surface area (Å²) in [4.78, 5) is 0. The summed E-state index contributed by atoms with van der Waals surface area (Å²) in [6.45, 7) is 4.51. The van der Waals surface area contributed by atoms with Crippen LogP contribution in [0, 0.1) is 5.41 Å². The van der Waals surface area contributed by atoms with Crippen molar-refractivity contribution in [1.82, 2.24) is 0 Å². The lowest BCUT2D eigenvalue weighted by molar-refractivity contribution is 0.326. The first-order valence-corrected chi connectivity index (χ1v) is 4.94. The zero-order valence-corrected chi connectivity index (χ0v) is 6.96. The van der Waals surface area contributed by atoms with Crippen LogP contribution in [0.15, 0.2) is 0 Å². The van der Waals surface area contributed by atoms with E-state index in [-0.39, 0.29) is 0 Å². The highest BCUT2D eigenvalue weighted by atomic mass is 32.2. The summed E-state index contributed by atoms with van der Waals surface area (Å²) in [5.41, 5.74) is 0.466. The molecular formula is C7H14OS. The Balaban J connectivity index is 2.35. The Labute approximate surface area is 60.0 Å². The van der Waals surface area contributed by atoms with E-state index < -0.39 is 11.2 Å². The van der Waals surface area contributed by atoms with Crippen LogP contribution in [0.1, 0.15) is 26.7 Å². The van der Waals surface area contributed by atoms with Crippen molar-refractivity contribution in [2.45, 2.75) is 26.7 Å². The smallest absolute Gasteiger partial charge is 0.106 e. The molecule has 0 saturated carbocycles. The monoisotopic (exact) mass is 146 g/mol. The summed E-state index contributed by atoms with van der Waals surface area (Å²) < 4.78 is 10.9. The Bertz CT molecular complexity index is 91.1. The molecule has 0 spiro atoms. The minimum Gasteiger partial charge on any atom is -0.616 e. The fraction of sp³-hybridized carbons (Fsp3) is 1.00. The molecule has 1 aliphatic rings. The summed E-state index contributed by atoms with van der Waals surface area (Å²) in [5, 5.41) is 0. The molecule has 0 unspecified atom stereocenters. The van der Waals surface area contributed by atoms with Crippen molar-refractivity contribution < 1.29 is 4.55 Å². The summed E-state index contributed by atoms with van der Waals surface area (Å²) in [6.07, 6.45) is 2.28. The summed E-state index contributed by atoms with van der Waals surface area (Å²) in [6, 6.07) is 0. The van der Waals surface area contributed by atoms with Gasteiger partial charge in [0.2, 0.25) is 0 Å². The lowest BCUT2D eigenvalue weighted by Gasteiger charge is -2.30. The summed E-state index contributed by atoms with van der Waals surface area (Å²) in [5.74, 6) is 1.85. The van der Waals surface area contributed by atoms with Crippen LogP contribution >= 0.6 is 0 Å². The van der Waals surface area contributed by atoms with E-state index in [0.717, 1.165) is 24.3 Å². The maximum Gasteiger partial charge on any atom is 0.106 e. The van der Waals surface area contributed by atoms with Crippen LogP contribution in [0.2, 0.25) is 0 Å². The molecule has 2 heteroatoms. The molecule has 0 aromatic carbocycles. The van der Waals surface area contributed by atoms with Gasteiger partial charge in [0, 0.05) is 0 Å². The Hall–Kier alpha value is 0.310. The normalized spacial score (nSPS) is 28.3. The Morgan fingerprint density at radius 2 is 1.67 bits per heavy atom.